The first-order chi connectivity index (χ1) is 10.1. The summed E-state index contributed by atoms with van der Waals surface area (Å²) >= 11 is 0. The number of carbonyl (C=O) groups is 2. The van der Waals surface area contributed by atoms with Gasteiger partial charge in [-0.05, 0) is 18.1 Å². The number of benzene rings is 1. The van der Waals surface area contributed by atoms with Crippen molar-refractivity contribution in [1.29, 1.82) is 0 Å². The highest BCUT2D eigenvalue weighted by Gasteiger charge is 2.17. The molecule has 1 heterocycles. The number of hydrogen-bond donors (Lipinski definition) is 3. The van der Waals surface area contributed by atoms with E-state index >= 15 is 0 Å². The van der Waals surface area contributed by atoms with Gasteiger partial charge in [0.2, 0.25) is 5.91 Å². The van der Waals surface area contributed by atoms with Gasteiger partial charge in [-0.3, -0.25) is 4.79 Å². The molecule has 1 aromatic carbocycles. The molecule has 6 heteroatoms. The third-order valence-electron chi connectivity index (χ3n) is 3.34. The molecule has 6 nitrogen and oxygen atoms in total. The monoisotopic (exact) mass is 290 g/mol. The highest BCUT2D eigenvalue weighted by atomic mass is 16.5. The maximum Gasteiger partial charge on any atom is 0.334 e. The van der Waals surface area contributed by atoms with Crippen LogP contribution < -0.4 is 5.32 Å². The minimum Gasteiger partial charge on any atom is -0.479 e. The summed E-state index contributed by atoms with van der Waals surface area (Å²) < 4.78 is 4.75. The number of rotatable bonds is 7. The number of aromatic nitrogens is 1. The van der Waals surface area contributed by atoms with Crippen molar-refractivity contribution in [3.05, 3.63) is 36.0 Å². The van der Waals surface area contributed by atoms with Crippen LogP contribution in [-0.4, -0.2) is 41.7 Å². The fraction of sp³-hybridized carbons (Fsp3) is 0.333. The van der Waals surface area contributed by atoms with Crippen LogP contribution in [0.2, 0.25) is 0 Å². The van der Waals surface area contributed by atoms with Gasteiger partial charge in [-0.2, -0.15) is 0 Å². The first kappa shape index (κ1) is 15.1. The lowest BCUT2D eigenvalue weighted by molar-refractivity contribution is -0.148. The number of hydrogen-bond acceptors (Lipinski definition) is 3. The van der Waals surface area contributed by atoms with E-state index in [0.29, 0.717) is 12.8 Å². The summed E-state index contributed by atoms with van der Waals surface area (Å²) in [4.78, 5) is 25.7. The van der Waals surface area contributed by atoms with Crippen molar-refractivity contribution >= 4 is 22.8 Å². The number of carboxylic acids is 1. The van der Waals surface area contributed by atoms with Crippen LogP contribution in [0.1, 0.15) is 12.0 Å². The van der Waals surface area contributed by atoms with E-state index in [9.17, 15) is 9.59 Å². The molecule has 0 saturated heterocycles. The van der Waals surface area contributed by atoms with Crippen molar-refractivity contribution in [2.45, 2.75) is 18.9 Å². The predicted molar refractivity (Wildman–Crippen MR) is 78.1 cm³/mol. The number of para-hydroxylation sites is 1. The molecule has 0 fully saturated rings. The van der Waals surface area contributed by atoms with Gasteiger partial charge in [0.05, 0.1) is 6.54 Å². The quantitative estimate of drug-likeness (QED) is 0.717. The molecule has 1 atom stereocenters. The molecule has 0 radical (unpaired) electrons. The Morgan fingerprint density at radius 2 is 2.14 bits per heavy atom. The highest BCUT2D eigenvalue weighted by Crippen LogP contribution is 2.18. The number of amides is 1. The topological polar surface area (TPSA) is 91.4 Å². The number of nitrogens with one attached hydrogen (secondary N) is 2. The van der Waals surface area contributed by atoms with E-state index in [-0.39, 0.29) is 12.5 Å². The van der Waals surface area contributed by atoms with Gasteiger partial charge in [0, 0.05) is 30.6 Å². The smallest absolute Gasteiger partial charge is 0.334 e. The van der Waals surface area contributed by atoms with E-state index in [4.69, 9.17) is 9.84 Å². The zero-order valence-electron chi connectivity index (χ0n) is 11.8. The van der Waals surface area contributed by atoms with Crippen molar-refractivity contribution in [2.24, 2.45) is 0 Å². The molecule has 0 aliphatic carbocycles. The van der Waals surface area contributed by atoms with Crippen LogP contribution in [0.5, 0.6) is 0 Å². The number of aliphatic carboxylic acids is 1. The summed E-state index contributed by atoms with van der Waals surface area (Å²) in [6, 6.07) is 7.89. The zero-order chi connectivity index (χ0) is 15.2. The second-order valence-electron chi connectivity index (χ2n) is 4.73. The van der Waals surface area contributed by atoms with Crippen LogP contribution >= 0.6 is 0 Å². The number of carbonyl (C=O) groups excluding carboxylic acids is 1. The van der Waals surface area contributed by atoms with E-state index in [1.807, 2.05) is 30.5 Å². The molecule has 2 rings (SSSR count). The minimum absolute atomic E-state index is 0.0292. The molecule has 0 bridgehead atoms. The molecule has 3 N–H and O–H groups in total. The van der Waals surface area contributed by atoms with Gasteiger partial charge < -0.3 is 20.1 Å². The molecule has 1 aromatic heterocycles. The minimum atomic E-state index is -1.09. The van der Waals surface area contributed by atoms with E-state index in [0.717, 1.165) is 16.5 Å². The van der Waals surface area contributed by atoms with Gasteiger partial charge in [-0.1, -0.05) is 18.2 Å². The van der Waals surface area contributed by atoms with Gasteiger partial charge >= 0.3 is 5.97 Å². The summed E-state index contributed by atoms with van der Waals surface area (Å²) in [6.07, 6.45) is 1.79. The molecule has 1 unspecified atom stereocenters. The molecular weight excluding hydrogens is 272 g/mol. The molecular formula is C15H18N2O4. The Bertz CT molecular complexity index is 635. The van der Waals surface area contributed by atoms with E-state index in [1.54, 1.807) is 0 Å². The Balaban J connectivity index is 1.85. The largest absolute Gasteiger partial charge is 0.479 e. The fourth-order valence-electron chi connectivity index (χ4n) is 2.15. The molecule has 21 heavy (non-hydrogen) atoms. The SMILES string of the molecule is COC(CNC(=O)CCc1c[nH]c2ccccc12)C(=O)O. The number of carboxylic acid groups (broad SMARTS) is 1. The lowest BCUT2D eigenvalue weighted by Crippen LogP contribution is -2.37. The summed E-state index contributed by atoms with van der Waals surface area (Å²) in [5.41, 5.74) is 2.11. The normalized spacial score (nSPS) is 12.2. The maximum atomic E-state index is 11.7. The molecule has 0 spiro atoms. The second-order valence-corrected chi connectivity index (χ2v) is 4.73. The Morgan fingerprint density at radius 1 is 1.38 bits per heavy atom. The maximum absolute atomic E-state index is 11.7. The number of aryl methyl sites for hydroxylation is 1. The number of H-pyrrole nitrogens is 1. The summed E-state index contributed by atoms with van der Waals surface area (Å²) in [6.45, 7) is -0.0292. The number of aromatic amines is 1. The van der Waals surface area contributed by atoms with Gasteiger partial charge in [0.15, 0.2) is 6.10 Å². The summed E-state index contributed by atoms with van der Waals surface area (Å²) in [5, 5.41) is 12.5. The molecule has 0 aliphatic heterocycles. The lowest BCUT2D eigenvalue weighted by atomic mass is 10.1. The number of methoxy groups -OCH3 is 1. The second kappa shape index (κ2) is 6.90. The van der Waals surface area contributed by atoms with Crippen molar-refractivity contribution in [3.8, 4) is 0 Å². The van der Waals surface area contributed by atoms with Gasteiger partial charge in [-0.25, -0.2) is 4.79 Å². The van der Waals surface area contributed by atoms with Crippen LogP contribution in [0.25, 0.3) is 10.9 Å². The van der Waals surface area contributed by atoms with E-state index in [1.165, 1.54) is 7.11 Å². The standard InChI is InChI=1S/C15H18N2O4/c1-21-13(15(19)20)9-17-14(18)7-6-10-8-16-12-5-3-2-4-11(10)12/h2-5,8,13,16H,6-7,9H2,1H3,(H,17,18)(H,19,20). The van der Waals surface area contributed by atoms with Crippen molar-refractivity contribution in [1.82, 2.24) is 10.3 Å². The van der Waals surface area contributed by atoms with Crippen LogP contribution in [0.4, 0.5) is 0 Å². The summed E-state index contributed by atoms with van der Waals surface area (Å²) in [5.74, 6) is -1.28. The Kier molecular flexibility index (Phi) is 4.94. The average molecular weight is 290 g/mol. The lowest BCUT2D eigenvalue weighted by Gasteiger charge is -2.11. The zero-order valence-corrected chi connectivity index (χ0v) is 11.8. The Morgan fingerprint density at radius 3 is 2.86 bits per heavy atom. The van der Waals surface area contributed by atoms with Crippen LogP contribution in [0, 0.1) is 0 Å². The molecule has 0 saturated carbocycles. The summed E-state index contributed by atoms with van der Waals surface area (Å²) in [7, 11) is 1.30. The van der Waals surface area contributed by atoms with Crippen molar-refractivity contribution < 1.29 is 19.4 Å². The van der Waals surface area contributed by atoms with Gasteiger partial charge in [0.1, 0.15) is 0 Å². The Hall–Kier alpha value is -2.34. The molecule has 1 amide bonds. The molecule has 2 aromatic rings. The predicted octanol–water partition coefficient (Wildman–Crippen LogP) is 1.32. The van der Waals surface area contributed by atoms with Crippen LogP contribution in [0.15, 0.2) is 30.5 Å². The van der Waals surface area contributed by atoms with Crippen LogP contribution in [0.3, 0.4) is 0 Å². The van der Waals surface area contributed by atoms with Gasteiger partial charge in [-0.15, -0.1) is 0 Å². The highest BCUT2D eigenvalue weighted by molar-refractivity contribution is 5.84. The first-order valence-electron chi connectivity index (χ1n) is 6.69. The molecule has 0 aliphatic rings. The fourth-order valence-corrected chi connectivity index (χ4v) is 2.15. The van der Waals surface area contributed by atoms with Crippen LogP contribution in [-0.2, 0) is 20.7 Å². The third-order valence-corrected chi connectivity index (χ3v) is 3.34. The van der Waals surface area contributed by atoms with Crippen molar-refractivity contribution in [2.75, 3.05) is 13.7 Å². The van der Waals surface area contributed by atoms with Gasteiger partial charge in [0.25, 0.3) is 0 Å². The Labute approximate surface area is 122 Å². The first-order valence-corrected chi connectivity index (χ1v) is 6.69. The molecule has 112 valence electrons. The number of ether oxygens (including phenoxy) is 1. The average Bonchev–Trinajstić information content (AvgIpc) is 2.88. The number of fused-ring (bicyclic) bond motifs is 1. The van der Waals surface area contributed by atoms with Crippen molar-refractivity contribution in [3.63, 3.8) is 0 Å². The van der Waals surface area contributed by atoms with E-state index < -0.39 is 12.1 Å². The third kappa shape index (κ3) is 3.82. The van der Waals surface area contributed by atoms with E-state index in [2.05, 4.69) is 10.3 Å².